The lowest BCUT2D eigenvalue weighted by molar-refractivity contribution is 0.199. The van der Waals surface area contributed by atoms with Crippen molar-refractivity contribution in [1.29, 1.82) is 0 Å². The molecule has 0 amide bonds. The van der Waals surface area contributed by atoms with Gasteiger partial charge in [0, 0.05) is 49.6 Å². The van der Waals surface area contributed by atoms with Gasteiger partial charge in [-0.2, -0.15) is 5.10 Å². The molecule has 5 heteroatoms. The van der Waals surface area contributed by atoms with Crippen molar-refractivity contribution >= 4 is 11.6 Å². The van der Waals surface area contributed by atoms with Gasteiger partial charge in [0.15, 0.2) is 0 Å². The predicted molar refractivity (Wildman–Crippen MR) is 77.2 cm³/mol. The van der Waals surface area contributed by atoms with Gasteiger partial charge in [-0.1, -0.05) is 23.7 Å². The van der Waals surface area contributed by atoms with Gasteiger partial charge in [-0.05, 0) is 12.1 Å². The normalized spacial score (nSPS) is 10.9. The summed E-state index contributed by atoms with van der Waals surface area (Å²) in [5, 5.41) is 8.56. The molecule has 0 bridgehead atoms. The summed E-state index contributed by atoms with van der Waals surface area (Å²) in [5.74, 6) is 0. The Balaban J connectivity index is 2.16. The Bertz CT molecular complexity index is 539. The first-order valence-corrected chi connectivity index (χ1v) is 6.56. The SMILES string of the molecule is COCCNCc1cn(C)nc1-c1cccc(Cl)c1. The Labute approximate surface area is 118 Å². The van der Waals surface area contributed by atoms with E-state index in [1.807, 2.05) is 42.2 Å². The third-order valence-electron chi connectivity index (χ3n) is 2.80. The topological polar surface area (TPSA) is 39.1 Å². The van der Waals surface area contributed by atoms with Crippen LogP contribution in [0.1, 0.15) is 5.56 Å². The quantitative estimate of drug-likeness (QED) is 0.826. The standard InChI is InChI=1S/C14H18ClN3O/c1-18-10-12(9-16-6-7-19-2)14(17-18)11-4-3-5-13(15)8-11/h3-5,8,10,16H,6-7,9H2,1-2H3. The van der Waals surface area contributed by atoms with Crippen LogP contribution in [0, 0.1) is 0 Å². The fraction of sp³-hybridized carbons (Fsp3) is 0.357. The molecule has 0 saturated heterocycles. The molecule has 0 aliphatic rings. The Morgan fingerprint density at radius 2 is 2.26 bits per heavy atom. The second kappa shape index (κ2) is 6.70. The maximum Gasteiger partial charge on any atom is 0.0968 e. The largest absolute Gasteiger partial charge is 0.383 e. The van der Waals surface area contributed by atoms with Crippen LogP contribution in [0.3, 0.4) is 0 Å². The minimum absolute atomic E-state index is 0.701. The van der Waals surface area contributed by atoms with Gasteiger partial charge in [-0.3, -0.25) is 4.68 Å². The number of nitrogens with zero attached hydrogens (tertiary/aromatic N) is 2. The van der Waals surface area contributed by atoms with Crippen LogP contribution >= 0.6 is 11.6 Å². The third kappa shape index (κ3) is 3.80. The zero-order chi connectivity index (χ0) is 13.7. The average Bonchev–Trinajstić information content (AvgIpc) is 2.76. The molecule has 0 radical (unpaired) electrons. The molecule has 4 nitrogen and oxygen atoms in total. The van der Waals surface area contributed by atoms with E-state index in [1.54, 1.807) is 7.11 Å². The smallest absolute Gasteiger partial charge is 0.0968 e. The van der Waals surface area contributed by atoms with Crippen LogP contribution in [0.4, 0.5) is 0 Å². The average molecular weight is 280 g/mol. The molecule has 2 aromatic rings. The van der Waals surface area contributed by atoms with Gasteiger partial charge in [-0.25, -0.2) is 0 Å². The zero-order valence-electron chi connectivity index (χ0n) is 11.2. The van der Waals surface area contributed by atoms with E-state index in [0.717, 1.165) is 34.9 Å². The molecular formula is C14H18ClN3O. The third-order valence-corrected chi connectivity index (χ3v) is 3.04. The second-order valence-electron chi connectivity index (χ2n) is 4.36. The minimum atomic E-state index is 0.701. The van der Waals surface area contributed by atoms with Crippen molar-refractivity contribution in [3.8, 4) is 11.3 Å². The van der Waals surface area contributed by atoms with Gasteiger partial charge in [0.05, 0.1) is 12.3 Å². The summed E-state index contributed by atoms with van der Waals surface area (Å²) in [6.07, 6.45) is 2.02. The van der Waals surface area contributed by atoms with E-state index >= 15 is 0 Å². The number of methoxy groups -OCH3 is 1. The fourth-order valence-corrected chi connectivity index (χ4v) is 2.13. The van der Waals surface area contributed by atoms with Crippen LogP contribution in [0.15, 0.2) is 30.5 Å². The van der Waals surface area contributed by atoms with Crippen molar-refractivity contribution in [3.05, 3.63) is 41.0 Å². The lowest BCUT2D eigenvalue weighted by Crippen LogP contribution is -2.18. The van der Waals surface area contributed by atoms with E-state index in [2.05, 4.69) is 10.4 Å². The van der Waals surface area contributed by atoms with E-state index < -0.39 is 0 Å². The number of halogens is 1. The fourth-order valence-electron chi connectivity index (χ4n) is 1.94. The van der Waals surface area contributed by atoms with E-state index in [-0.39, 0.29) is 0 Å². The van der Waals surface area contributed by atoms with E-state index in [0.29, 0.717) is 6.61 Å². The van der Waals surface area contributed by atoms with Crippen LogP contribution in [0.5, 0.6) is 0 Å². The Hall–Kier alpha value is -1.36. The molecule has 0 unspecified atom stereocenters. The number of benzene rings is 1. The molecule has 0 saturated carbocycles. The molecule has 1 heterocycles. The first-order valence-electron chi connectivity index (χ1n) is 6.19. The van der Waals surface area contributed by atoms with Gasteiger partial charge in [-0.15, -0.1) is 0 Å². The van der Waals surface area contributed by atoms with Crippen LogP contribution in [0.2, 0.25) is 5.02 Å². The highest BCUT2D eigenvalue weighted by Gasteiger charge is 2.10. The molecule has 0 fully saturated rings. The monoisotopic (exact) mass is 279 g/mol. The number of ether oxygens (including phenoxy) is 1. The van der Waals surface area contributed by atoms with Crippen LogP contribution in [-0.4, -0.2) is 30.0 Å². The summed E-state index contributed by atoms with van der Waals surface area (Å²) in [6.45, 7) is 2.28. The molecule has 0 spiro atoms. The number of rotatable bonds is 6. The molecular weight excluding hydrogens is 262 g/mol. The number of hydrogen-bond acceptors (Lipinski definition) is 3. The summed E-state index contributed by atoms with van der Waals surface area (Å²) in [5.41, 5.74) is 3.16. The Kier molecular flexibility index (Phi) is 4.96. The van der Waals surface area contributed by atoms with Crippen molar-refractivity contribution in [3.63, 3.8) is 0 Å². The minimum Gasteiger partial charge on any atom is -0.383 e. The van der Waals surface area contributed by atoms with E-state index in [1.165, 1.54) is 0 Å². The van der Waals surface area contributed by atoms with Gasteiger partial charge in [0.25, 0.3) is 0 Å². The molecule has 1 aromatic heterocycles. The summed E-state index contributed by atoms with van der Waals surface area (Å²) in [7, 11) is 3.62. The van der Waals surface area contributed by atoms with Crippen LogP contribution in [0.25, 0.3) is 11.3 Å². The number of nitrogens with one attached hydrogen (secondary N) is 1. The maximum absolute atomic E-state index is 6.03. The molecule has 1 aromatic carbocycles. The molecule has 2 rings (SSSR count). The lowest BCUT2D eigenvalue weighted by Gasteiger charge is -2.05. The molecule has 0 aliphatic carbocycles. The maximum atomic E-state index is 6.03. The van der Waals surface area contributed by atoms with Gasteiger partial charge in [0.2, 0.25) is 0 Å². The van der Waals surface area contributed by atoms with Crippen LogP contribution < -0.4 is 5.32 Å². The Morgan fingerprint density at radius 1 is 1.42 bits per heavy atom. The van der Waals surface area contributed by atoms with Crippen LogP contribution in [-0.2, 0) is 18.3 Å². The molecule has 19 heavy (non-hydrogen) atoms. The highest BCUT2D eigenvalue weighted by molar-refractivity contribution is 6.30. The summed E-state index contributed by atoms with van der Waals surface area (Å²) < 4.78 is 6.84. The first-order chi connectivity index (χ1) is 9.20. The van der Waals surface area contributed by atoms with Crippen molar-refractivity contribution in [2.24, 2.45) is 7.05 Å². The summed E-state index contributed by atoms with van der Waals surface area (Å²) >= 11 is 6.03. The molecule has 102 valence electrons. The van der Waals surface area contributed by atoms with Gasteiger partial charge >= 0.3 is 0 Å². The van der Waals surface area contributed by atoms with Gasteiger partial charge in [0.1, 0.15) is 0 Å². The van der Waals surface area contributed by atoms with Crippen molar-refractivity contribution in [1.82, 2.24) is 15.1 Å². The highest BCUT2D eigenvalue weighted by atomic mass is 35.5. The summed E-state index contributed by atoms with van der Waals surface area (Å²) in [6, 6.07) is 7.76. The highest BCUT2D eigenvalue weighted by Crippen LogP contribution is 2.24. The predicted octanol–water partition coefficient (Wildman–Crippen LogP) is 2.48. The van der Waals surface area contributed by atoms with E-state index in [9.17, 15) is 0 Å². The van der Waals surface area contributed by atoms with E-state index in [4.69, 9.17) is 16.3 Å². The lowest BCUT2D eigenvalue weighted by atomic mass is 10.1. The summed E-state index contributed by atoms with van der Waals surface area (Å²) in [4.78, 5) is 0. The Morgan fingerprint density at radius 3 is 3.00 bits per heavy atom. The van der Waals surface area contributed by atoms with Crippen molar-refractivity contribution in [2.75, 3.05) is 20.3 Å². The second-order valence-corrected chi connectivity index (χ2v) is 4.79. The molecule has 0 atom stereocenters. The zero-order valence-corrected chi connectivity index (χ0v) is 11.9. The van der Waals surface area contributed by atoms with Gasteiger partial charge < -0.3 is 10.1 Å². The number of aryl methyl sites for hydroxylation is 1. The molecule has 1 N–H and O–H groups in total. The van der Waals surface area contributed by atoms with Crippen molar-refractivity contribution < 1.29 is 4.74 Å². The first kappa shape index (κ1) is 14.1. The number of aromatic nitrogens is 2. The van der Waals surface area contributed by atoms with Crippen molar-refractivity contribution in [2.45, 2.75) is 6.54 Å². The number of hydrogen-bond donors (Lipinski definition) is 1. The molecule has 0 aliphatic heterocycles.